The summed E-state index contributed by atoms with van der Waals surface area (Å²) in [6.45, 7) is 5.67. The molecule has 0 aromatic rings. The molecule has 19 heavy (non-hydrogen) atoms. The van der Waals surface area contributed by atoms with Crippen molar-refractivity contribution in [2.45, 2.75) is 89.6 Å². The monoisotopic (exact) mass is 266 g/mol. The van der Waals surface area contributed by atoms with E-state index in [4.69, 9.17) is 5.73 Å². The Labute approximate surface area is 120 Å². The van der Waals surface area contributed by atoms with Gasteiger partial charge in [0, 0.05) is 18.1 Å². The summed E-state index contributed by atoms with van der Waals surface area (Å²) >= 11 is 0. The lowest BCUT2D eigenvalue weighted by Crippen LogP contribution is -2.58. The fraction of sp³-hybridized carbons (Fsp3) is 1.00. The van der Waals surface area contributed by atoms with E-state index in [-0.39, 0.29) is 0 Å². The Morgan fingerprint density at radius 3 is 1.95 bits per heavy atom. The minimum Gasteiger partial charge on any atom is -0.329 e. The summed E-state index contributed by atoms with van der Waals surface area (Å²) < 4.78 is 0. The van der Waals surface area contributed by atoms with Crippen molar-refractivity contribution in [3.63, 3.8) is 0 Å². The van der Waals surface area contributed by atoms with Crippen LogP contribution in [0.4, 0.5) is 0 Å². The lowest BCUT2D eigenvalue weighted by Gasteiger charge is -2.51. The van der Waals surface area contributed by atoms with E-state index in [0.29, 0.717) is 11.0 Å². The van der Waals surface area contributed by atoms with Crippen molar-refractivity contribution in [2.75, 3.05) is 13.6 Å². The van der Waals surface area contributed by atoms with Gasteiger partial charge in [0.25, 0.3) is 0 Å². The van der Waals surface area contributed by atoms with E-state index in [1.165, 1.54) is 64.2 Å². The molecule has 0 radical (unpaired) electrons. The highest BCUT2D eigenvalue weighted by Gasteiger charge is 2.42. The second kappa shape index (κ2) is 6.13. The Morgan fingerprint density at radius 1 is 0.947 bits per heavy atom. The van der Waals surface area contributed by atoms with Crippen LogP contribution in [0, 0.1) is 5.41 Å². The first-order valence-corrected chi connectivity index (χ1v) is 8.42. The Balaban J connectivity index is 2.03. The highest BCUT2D eigenvalue weighted by Crippen LogP contribution is 2.43. The zero-order valence-corrected chi connectivity index (χ0v) is 13.4. The van der Waals surface area contributed by atoms with Gasteiger partial charge in [-0.15, -0.1) is 0 Å². The molecule has 0 amide bonds. The van der Waals surface area contributed by atoms with Crippen molar-refractivity contribution in [1.82, 2.24) is 4.90 Å². The van der Waals surface area contributed by atoms with E-state index in [2.05, 4.69) is 25.8 Å². The first kappa shape index (κ1) is 15.3. The van der Waals surface area contributed by atoms with E-state index in [0.717, 1.165) is 12.6 Å². The van der Waals surface area contributed by atoms with Crippen LogP contribution in [0.1, 0.15) is 78.1 Å². The van der Waals surface area contributed by atoms with E-state index < -0.39 is 0 Å². The quantitative estimate of drug-likeness (QED) is 0.784. The lowest BCUT2D eigenvalue weighted by atomic mass is 9.68. The average molecular weight is 266 g/mol. The molecule has 2 saturated carbocycles. The zero-order chi connectivity index (χ0) is 13.9. The third kappa shape index (κ3) is 3.52. The van der Waals surface area contributed by atoms with Gasteiger partial charge >= 0.3 is 0 Å². The third-order valence-corrected chi connectivity index (χ3v) is 6.03. The average Bonchev–Trinajstić information content (AvgIpc) is 2.67. The summed E-state index contributed by atoms with van der Waals surface area (Å²) in [4.78, 5) is 2.70. The van der Waals surface area contributed by atoms with Crippen LogP contribution in [0.5, 0.6) is 0 Å². The maximum Gasteiger partial charge on any atom is 0.0332 e. The molecule has 0 saturated heterocycles. The van der Waals surface area contributed by atoms with Crippen LogP contribution >= 0.6 is 0 Å². The number of hydrogen-bond acceptors (Lipinski definition) is 2. The summed E-state index contributed by atoms with van der Waals surface area (Å²) in [7, 11) is 2.36. The molecular formula is C17H34N2. The van der Waals surface area contributed by atoms with E-state index in [1.54, 1.807) is 0 Å². The third-order valence-electron chi connectivity index (χ3n) is 6.03. The lowest BCUT2D eigenvalue weighted by molar-refractivity contribution is 0.00831. The fourth-order valence-electron chi connectivity index (χ4n) is 4.13. The molecule has 2 aliphatic rings. The van der Waals surface area contributed by atoms with Crippen molar-refractivity contribution in [1.29, 1.82) is 0 Å². The molecule has 112 valence electrons. The number of hydrogen-bond donors (Lipinski definition) is 1. The van der Waals surface area contributed by atoms with Crippen LogP contribution < -0.4 is 5.73 Å². The van der Waals surface area contributed by atoms with Gasteiger partial charge in [0.15, 0.2) is 0 Å². The van der Waals surface area contributed by atoms with Crippen LogP contribution in [-0.2, 0) is 0 Å². The van der Waals surface area contributed by atoms with Crippen molar-refractivity contribution >= 4 is 0 Å². The van der Waals surface area contributed by atoms with Crippen molar-refractivity contribution in [3.05, 3.63) is 0 Å². The molecule has 2 nitrogen and oxygen atoms in total. The summed E-state index contributed by atoms with van der Waals surface area (Å²) in [5.74, 6) is 0. The van der Waals surface area contributed by atoms with Crippen LogP contribution in [0.3, 0.4) is 0 Å². The van der Waals surface area contributed by atoms with Crippen LogP contribution in [0.15, 0.2) is 0 Å². The molecule has 0 aromatic heterocycles. The van der Waals surface area contributed by atoms with Gasteiger partial charge in [-0.05, 0) is 51.0 Å². The molecule has 0 aliphatic heterocycles. The molecule has 2 heteroatoms. The Kier molecular flexibility index (Phi) is 4.94. The minimum absolute atomic E-state index is 0.296. The van der Waals surface area contributed by atoms with Crippen LogP contribution in [0.2, 0.25) is 0 Å². The Morgan fingerprint density at radius 2 is 1.47 bits per heavy atom. The van der Waals surface area contributed by atoms with Gasteiger partial charge in [-0.2, -0.15) is 0 Å². The van der Waals surface area contributed by atoms with Crippen molar-refractivity contribution in [2.24, 2.45) is 11.1 Å². The molecule has 2 rings (SSSR count). The first-order valence-electron chi connectivity index (χ1n) is 8.42. The molecule has 0 bridgehead atoms. The molecule has 0 aromatic carbocycles. The van der Waals surface area contributed by atoms with Crippen LogP contribution in [-0.4, -0.2) is 30.1 Å². The first-order chi connectivity index (χ1) is 8.99. The van der Waals surface area contributed by atoms with E-state index in [1.807, 2.05) is 0 Å². The summed E-state index contributed by atoms with van der Waals surface area (Å²) in [5, 5.41) is 0. The Hall–Kier alpha value is -0.0800. The molecule has 2 N–H and O–H groups in total. The van der Waals surface area contributed by atoms with E-state index >= 15 is 0 Å². The summed E-state index contributed by atoms with van der Waals surface area (Å²) in [6, 6.07) is 0.785. The number of nitrogens with two attached hydrogens (primary N) is 1. The largest absolute Gasteiger partial charge is 0.329 e. The number of likely N-dealkylation sites (N-methyl/N-ethyl adjacent to an activating group) is 1. The normalized spacial score (nSPS) is 28.3. The van der Waals surface area contributed by atoms with Crippen molar-refractivity contribution in [3.8, 4) is 0 Å². The SMILES string of the molecule is CN(C1CCCCCC1)C1(CN)CCC(C)(C)CC1. The van der Waals surface area contributed by atoms with Gasteiger partial charge in [-0.1, -0.05) is 39.5 Å². The second-order valence-corrected chi connectivity index (χ2v) is 7.85. The molecule has 0 spiro atoms. The van der Waals surface area contributed by atoms with Gasteiger partial charge < -0.3 is 5.73 Å². The topological polar surface area (TPSA) is 29.3 Å². The fourth-order valence-corrected chi connectivity index (χ4v) is 4.13. The molecule has 0 heterocycles. The molecule has 0 atom stereocenters. The van der Waals surface area contributed by atoms with Crippen molar-refractivity contribution < 1.29 is 0 Å². The van der Waals surface area contributed by atoms with Gasteiger partial charge in [0.2, 0.25) is 0 Å². The molecular weight excluding hydrogens is 232 g/mol. The predicted octanol–water partition coefficient (Wildman–Crippen LogP) is 3.94. The van der Waals surface area contributed by atoms with Gasteiger partial charge in [0.05, 0.1) is 0 Å². The standard InChI is InChI=1S/C17H34N2/c1-16(2)10-12-17(14-18,13-11-16)19(3)15-8-6-4-5-7-9-15/h15H,4-14,18H2,1-3H3. The number of rotatable bonds is 3. The zero-order valence-electron chi connectivity index (χ0n) is 13.4. The summed E-state index contributed by atoms with van der Waals surface area (Å²) in [5.41, 5.74) is 7.06. The van der Waals surface area contributed by atoms with Crippen LogP contribution in [0.25, 0.3) is 0 Å². The molecule has 2 fully saturated rings. The van der Waals surface area contributed by atoms with E-state index in [9.17, 15) is 0 Å². The summed E-state index contributed by atoms with van der Waals surface area (Å²) in [6.07, 6.45) is 13.8. The molecule has 2 aliphatic carbocycles. The number of nitrogens with zero attached hydrogens (tertiary/aromatic N) is 1. The Bertz CT molecular complexity index is 267. The van der Waals surface area contributed by atoms with Gasteiger partial charge in [0.1, 0.15) is 0 Å². The maximum absolute atomic E-state index is 6.23. The van der Waals surface area contributed by atoms with Gasteiger partial charge in [-0.3, -0.25) is 4.90 Å². The highest BCUT2D eigenvalue weighted by atomic mass is 15.2. The smallest absolute Gasteiger partial charge is 0.0332 e. The second-order valence-electron chi connectivity index (χ2n) is 7.85. The minimum atomic E-state index is 0.296. The maximum atomic E-state index is 6.23. The van der Waals surface area contributed by atoms with Gasteiger partial charge in [-0.25, -0.2) is 0 Å². The highest BCUT2D eigenvalue weighted by molar-refractivity contribution is 4.99. The molecule has 0 unspecified atom stereocenters. The predicted molar refractivity (Wildman–Crippen MR) is 83.3 cm³/mol.